The number of para-hydroxylation sites is 1. The number of aromatic nitrogens is 5. The molecule has 2 heterocycles. The van der Waals surface area contributed by atoms with E-state index >= 15 is 0 Å². The van der Waals surface area contributed by atoms with Gasteiger partial charge in [-0.1, -0.05) is 12.1 Å². The SMILES string of the molecule is COc1cccc(OC)c1-n1c(NS(=O)(=O)[C@@H](C)[C@H](OC)c2ccc(C#N)cc2C#N)nnc1-c1ccn(C)n1. The molecule has 40 heavy (non-hydrogen) atoms. The molecule has 0 aliphatic heterocycles. The highest BCUT2D eigenvalue weighted by Crippen LogP contribution is 2.38. The van der Waals surface area contributed by atoms with Crippen LogP contribution in [-0.4, -0.2) is 59.5 Å². The fourth-order valence-corrected chi connectivity index (χ4v) is 5.40. The number of rotatable bonds is 10. The van der Waals surface area contributed by atoms with Crippen molar-refractivity contribution in [2.45, 2.75) is 18.3 Å². The summed E-state index contributed by atoms with van der Waals surface area (Å²) in [5.41, 5.74) is 1.50. The second-order valence-electron chi connectivity index (χ2n) is 8.60. The van der Waals surface area contributed by atoms with Crippen molar-refractivity contribution in [1.29, 1.82) is 10.5 Å². The average molecular weight is 563 g/mol. The molecule has 2 aromatic heterocycles. The summed E-state index contributed by atoms with van der Waals surface area (Å²) in [6, 6.07) is 15.2. The van der Waals surface area contributed by atoms with E-state index < -0.39 is 21.4 Å². The molecule has 0 aliphatic rings. The van der Waals surface area contributed by atoms with Gasteiger partial charge in [0.2, 0.25) is 16.0 Å². The molecule has 0 amide bonds. The van der Waals surface area contributed by atoms with Crippen LogP contribution in [0, 0.1) is 22.7 Å². The Morgan fingerprint density at radius 3 is 2.25 bits per heavy atom. The highest BCUT2D eigenvalue weighted by atomic mass is 32.2. The van der Waals surface area contributed by atoms with E-state index in [1.807, 2.05) is 12.1 Å². The van der Waals surface area contributed by atoms with Crippen LogP contribution >= 0.6 is 0 Å². The van der Waals surface area contributed by atoms with Gasteiger partial charge in [-0.2, -0.15) is 15.6 Å². The number of hydrogen-bond donors (Lipinski definition) is 1. The van der Waals surface area contributed by atoms with Crippen LogP contribution in [0.15, 0.2) is 48.7 Å². The molecule has 0 spiro atoms. The lowest BCUT2D eigenvalue weighted by Crippen LogP contribution is -2.33. The Balaban J connectivity index is 1.83. The van der Waals surface area contributed by atoms with Gasteiger partial charge in [-0.25, -0.2) is 8.42 Å². The molecule has 4 aromatic rings. The van der Waals surface area contributed by atoms with Gasteiger partial charge >= 0.3 is 0 Å². The van der Waals surface area contributed by atoms with E-state index in [9.17, 15) is 18.9 Å². The van der Waals surface area contributed by atoms with E-state index in [0.29, 0.717) is 28.4 Å². The molecule has 0 aliphatic carbocycles. The number of nitrogens with zero attached hydrogens (tertiary/aromatic N) is 7. The summed E-state index contributed by atoms with van der Waals surface area (Å²) in [4.78, 5) is 0. The van der Waals surface area contributed by atoms with Crippen LogP contribution in [0.4, 0.5) is 5.95 Å². The molecule has 0 unspecified atom stereocenters. The first-order valence-electron chi connectivity index (χ1n) is 11.8. The number of methoxy groups -OCH3 is 3. The van der Waals surface area contributed by atoms with Crippen LogP contribution in [0.1, 0.15) is 29.7 Å². The van der Waals surface area contributed by atoms with Crippen LogP contribution in [0.5, 0.6) is 11.5 Å². The van der Waals surface area contributed by atoms with Gasteiger partial charge in [0, 0.05) is 20.4 Å². The smallest absolute Gasteiger partial charge is 0.243 e. The van der Waals surface area contributed by atoms with Gasteiger partial charge in [-0.15, -0.1) is 10.2 Å². The first-order chi connectivity index (χ1) is 19.2. The Morgan fingerprint density at radius 1 is 1.00 bits per heavy atom. The maximum absolute atomic E-state index is 13.7. The predicted molar refractivity (Wildman–Crippen MR) is 144 cm³/mol. The number of anilines is 1. The second kappa shape index (κ2) is 11.4. The molecule has 2 atom stereocenters. The molecule has 14 heteroatoms. The van der Waals surface area contributed by atoms with E-state index in [0.717, 1.165) is 0 Å². The van der Waals surface area contributed by atoms with Crippen molar-refractivity contribution in [3.05, 3.63) is 65.4 Å². The summed E-state index contributed by atoms with van der Waals surface area (Å²) >= 11 is 0. The van der Waals surface area contributed by atoms with Crippen molar-refractivity contribution in [3.8, 4) is 40.8 Å². The molecular formula is C26H26N8O5S. The molecule has 4 rings (SSSR count). The quantitative estimate of drug-likeness (QED) is 0.303. The van der Waals surface area contributed by atoms with E-state index in [2.05, 4.69) is 20.0 Å². The largest absolute Gasteiger partial charge is 0.494 e. The second-order valence-corrected chi connectivity index (χ2v) is 10.6. The van der Waals surface area contributed by atoms with Crippen molar-refractivity contribution in [2.24, 2.45) is 7.05 Å². The minimum absolute atomic E-state index is 0.132. The molecule has 13 nitrogen and oxygen atoms in total. The van der Waals surface area contributed by atoms with Gasteiger partial charge in [-0.05, 0) is 42.8 Å². The zero-order chi connectivity index (χ0) is 29.0. The number of aryl methyl sites for hydroxylation is 1. The van der Waals surface area contributed by atoms with E-state index in [1.165, 1.54) is 51.0 Å². The van der Waals surface area contributed by atoms with Gasteiger partial charge in [0.25, 0.3) is 0 Å². The lowest BCUT2D eigenvalue weighted by Gasteiger charge is -2.24. The third kappa shape index (κ3) is 5.18. The molecule has 0 saturated carbocycles. The standard InChI is InChI=1S/C26H26N8O5S/c1-16(24(39-5)19-10-9-17(14-27)13-18(19)15-28)40(35,36)32-26-30-29-25(20-11-12-33(2)31-20)34(26)23-21(37-3)7-6-8-22(23)38-4/h6-13,16,24H,1-5H3,(H,30,32)/t16-,24-/m0/s1. The maximum atomic E-state index is 13.7. The van der Waals surface area contributed by atoms with Gasteiger partial charge in [0.15, 0.2) is 5.82 Å². The predicted octanol–water partition coefficient (Wildman–Crippen LogP) is 2.95. The Hall–Kier alpha value is -4.92. The van der Waals surface area contributed by atoms with Crippen molar-refractivity contribution >= 4 is 16.0 Å². The summed E-state index contributed by atoms with van der Waals surface area (Å²) in [6.07, 6.45) is 0.667. The van der Waals surface area contributed by atoms with Crippen molar-refractivity contribution in [1.82, 2.24) is 24.5 Å². The highest BCUT2D eigenvalue weighted by molar-refractivity contribution is 7.93. The Bertz CT molecular complexity index is 1710. The summed E-state index contributed by atoms with van der Waals surface area (Å²) in [7, 11) is 1.81. The summed E-state index contributed by atoms with van der Waals surface area (Å²) < 4.78 is 49.7. The Morgan fingerprint density at radius 2 is 1.70 bits per heavy atom. The summed E-state index contributed by atoms with van der Waals surface area (Å²) in [6.45, 7) is 1.44. The molecule has 0 bridgehead atoms. The van der Waals surface area contributed by atoms with Gasteiger partial charge in [0.05, 0.1) is 37.5 Å². The first-order valence-corrected chi connectivity index (χ1v) is 13.4. The third-order valence-electron chi connectivity index (χ3n) is 6.24. The third-order valence-corrected chi connectivity index (χ3v) is 7.94. The molecular weight excluding hydrogens is 536 g/mol. The topological polar surface area (TPSA) is 170 Å². The molecule has 1 N–H and O–H groups in total. The van der Waals surface area contributed by atoms with E-state index in [1.54, 1.807) is 42.2 Å². The van der Waals surface area contributed by atoms with Crippen LogP contribution in [0.25, 0.3) is 17.2 Å². The van der Waals surface area contributed by atoms with E-state index in [-0.39, 0.29) is 22.9 Å². The fourth-order valence-electron chi connectivity index (χ4n) is 4.24. The van der Waals surface area contributed by atoms with Crippen molar-refractivity contribution in [3.63, 3.8) is 0 Å². The number of ether oxygens (including phenoxy) is 3. The lowest BCUT2D eigenvalue weighted by molar-refractivity contribution is 0.102. The fraction of sp³-hybridized carbons (Fsp3) is 0.269. The Kier molecular flexibility index (Phi) is 8.04. The van der Waals surface area contributed by atoms with Gasteiger partial charge in [-0.3, -0.25) is 14.0 Å². The number of nitriles is 2. The molecule has 206 valence electrons. The summed E-state index contributed by atoms with van der Waals surface area (Å²) in [5, 5.41) is 30.4. The molecule has 0 saturated heterocycles. The van der Waals surface area contributed by atoms with Crippen molar-refractivity contribution in [2.75, 3.05) is 26.1 Å². The number of sulfonamides is 1. The zero-order valence-corrected chi connectivity index (χ0v) is 23.2. The zero-order valence-electron chi connectivity index (χ0n) is 22.4. The van der Waals surface area contributed by atoms with Gasteiger partial charge < -0.3 is 14.2 Å². The minimum atomic E-state index is -4.23. The first kappa shape index (κ1) is 28.1. The normalized spacial score (nSPS) is 12.7. The monoisotopic (exact) mass is 562 g/mol. The number of benzene rings is 2. The van der Waals surface area contributed by atoms with Crippen LogP contribution in [-0.2, 0) is 21.8 Å². The maximum Gasteiger partial charge on any atom is 0.243 e. The minimum Gasteiger partial charge on any atom is -0.494 e. The van der Waals surface area contributed by atoms with Gasteiger partial charge in [0.1, 0.15) is 34.2 Å². The summed E-state index contributed by atoms with van der Waals surface area (Å²) in [5.74, 6) is 0.827. The molecule has 0 fully saturated rings. The number of hydrogen-bond acceptors (Lipinski definition) is 10. The molecule has 0 radical (unpaired) electrons. The Labute approximate surface area is 231 Å². The lowest BCUT2D eigenvalue weighted by atomic mass is 9.99. The molecule has 2 aromatic carbocycles. The van der Waals surface area contributed by atoms with Crippen LogP contribution in [0.3, 0.4) is 0 Å². The van der Waals surface area contributed by atoms with Crippen molar-refractivity contribution < 1.29 is 22.6 Å². The number of nitrogens with one attached hydrogen (secondary N) is 1. The average Bonchev–Trinajstić information content (AvgIpc) is 3.58. The highest BCUT2D eigenvalue weighted by Gasteiger charge is 2.35. The van der Waals surface area contributed by atoms with E-state index in [4.69, 9.17) is 14.2 Å². The van der Waals surface area contributed by atoms with Crippen LogP contribution in [0.2, 0.25) is 0 Å². The van der Waals surface area contributed by atoms with Crippen LogP contribution < -0.4 is 14.2 Å².